The van der Waals surface area contributed by atoms with Gasteiger partial charge in [-0.3, -0.25) is 4.68 Å². The molecule has 1 atom stereocenters. The first-order valence-electron chi connectivity index (χ1n) is 4.77. The first-order valence-corrected chi connectivity index (χ1v) is 5.15. The van der Waals surface area contributed by atoms with Gasteiger partial charge in [0.2, 0.25) is 0 Å². The fourth-order valence-electron chi connectivity index (χ4n) is 1.42. The summed E-state index contributed by atoms with van der Waals surface area (Å²) in [5.41, 5.74) is 0.288. The number of ether oxygens (including phenoxy) is 1. The topological polar surface area (TPSA) is 39.1 Å². The summed E-state index contributed by atoms with van der Waals surface area (Å²) in [6.07, 6.45) is -1.18. The van der Waals surface area contributed by atoms with E-state index in [2.05, 4.69) is 10.4 Å². The summed E-state index contributed by atoms with van der Waals surface area (Å²) in [5, 5.41) is 6.69. The second-order valence-corrected chi connectivity index (χ2v) is 3.60. The molecule has 1 unspecified atom stereocenters. The van der Waals surface area contributed by atoms with Crippen molar-refractivity contribution in [2.24, 2.45) is 0 Å². The minimum atomic E-state index is -2.54. The molecule has 0 aromatic carbocycles. The molecule has 0 bridgehead atoms. The third kappa shape index (κ3) is 2.90. The van der Waals surface area contributed by atoms with Crippen LogP contribution in [0.25, 0.3) is 0 Å². The van der Waals surface area contributed by atoms with E-state index < -0.39 is 12.5 Å². The van der Waals surface area contributed by atoms with E-state index in [4.69, 9.17) is 16.3 Å². The molecule has 92 valence electrons. The second-order valence-electron chi connectivity index (χ2n) is 3.19. The van der Waals surface area contributed by atoms with Gasteiger partial charge in [0, 0.05) is 7.11 Å². The summed E-state index contributed by atoms with van der Waals surface area (Å²) in [6, 6.07) is -1.12. The first kappa shape index (κ1) is 13.3. The SMILES string of the molecule is CNC(c1c(Cl)cnn1CCOC)C(F)F. The van der Waals surface area contributed by atoms with Crippen LogP contribution in [0.2, 0.25) is 5.02 Å². The molecule has 1 aromatic heterocycles. The smallest absolute Gasteiger partial charge is 0.259 e. The van der Waals surface area contributed by atoms with E-state index in [0.29, 0.717) is 13.2 Å². The van der Waals surface area contributed by atoms with Gasteiger partial charge in [-0.05, 0) is 7.05 Å². The maximum Gasteiger partial charge on any atom is 0.259 e. The number of halogens is 3. The molecule has 0 aliphatic heterocycles. The highest BCUT2D eigenvalue weighted by atomic mass is 35.5. The van der Waals surface area contributed by atoms with E-state index in [-0.39, 0.29) is 10.7 Å². The van der Waals surface area contributed by atoms with E-state index in [9.17, 15) is 8.78 Å². The zero-order valence-corrected chi connectivity index (χ0v) is 9.84. The minimum Gasteiger partial charge on any atom is -0.383 e. The Balaban J connectivity index is 2.94. The van der Waals surface area contributed by atoms with Crippen LogP contribution in [0, 0.1) is 0 Å². The van der Waals surface area contributed by atoms with Crippen LogP contribution in [-0.2, 0) is 11.3 Å². The monoisotopic (exact) mass is 253 g/mol. The Morgan fingerprint density at radius 2 is 2.31 bits per heavy atom. The molecular formula is C9H14ClF2N3O. The quantitative estimate of drug-likeness (QED) is 0.839. The molecule has 1 N–H and O–H groups in total. The fourth-order valence-corrected chi connectivity index (χ4v) is 1.68. The lowest BCUT2D eigenvalue weighted by Gasteiger charge is -2.17. The molecular weight excluding hydrogens is 240 g/mol. The number of hydrogen-bond donors (Lipinski definition) is 1. The van der Waals surface area contributed by atoms with Gasteiger partial charge in [-0.25, -0.2) is 8.78 Å². The standard InChI is InChI=1S/C9H14ClF2N3O/c1-13-7(9(11)12)8-6(10)5-14-15(8)3-4-16-2/h5,7,9,13H,3-4H2,1-2H3. The third-order valence-corrected chi connectivity index (χ3v) is 2.49. The molecule has 4 nitrogen and oxygen atoms in total. The second kappa shape index (κ2) is 6.12. The van der Waals surface area contributed by atoms with Gasteiger partial charge in [0.1, 0.15) is 6.04 Å². The fraction of sp³-hybridized carbons (Fsp3) is 0.667. The molecule has 0 aliphatic carbocycles. The Hall–Kier alpha value is -0.720. The molecule has 0 radical (unpaired) electrons. The van der Waals surface area contributed by atoms with Gasteiger partial charge in [-0.1, -0.05) is 11.6 Å². The summed E-state index contributed by atoms with van der Waals surface area (Å²) in [6.45, 7) is 0.786. The Bertz CT molecular complexity index is 333. The Labute approximate surface area is 97.5 Å². The van der Waals surface area contributed by atoms with Crippen molar-refractivity contribution in [1.82, 2.24) is 15.1 Å². The summed E-state index contributed by atoms with van der Waals surface area (Å²) < 4.78 is 31.8. The van der Waals surface area contributed by atoms with Gasteiger partial charge in [0.25, 0.3) is 6.43 Å². The van der Waals surface area contributed by atoms with Crippen LogP contribution >= 0.6 is 11.6 Å². The molecule has 0 spiro atoms. The van der Waals surface area contributed by atoms with Crippen LogP contribution in [0.1, 0.15) is 11.7 Å². The normalized spacial score (nSPS) is 13.4. The van der Waals surface area contributed by atoms with E-state index in [1.54, 1.807) is 0 Å². The maximum absolute atomic E-state index is 12.8. The molecule has 1 aromatic rings. The average molecular weight is 254 g/mol. The van der Waals surface area contributed by atoms with Gasteiger partial charge < -0.3 is 10.1 Å². The van der Waals surface area contributed by atoms with Crippen LogP contribution in [0.4, 0.5) is 8.78 Å². The number of methoxy groups -OCH3 is 1. The molecule has 1 heterocycles. The highest BCUT2D eigenvalue weighted by Crippen LogP contribution is 2.27. The van der Waals surface area contributed by atoms with Crippen molar-refractivity contribution < 1.29 is 13.5 Å². The Morgan fingerprint density at radius 1 is 1.62 bits per heavy atom. The van der Waals surface area contributed by atoms with E-state index in [1.807, 2.05) is 0 Å². The summed E-state index contributed by atoms with van der Waals surface area (Å²) in [4.78, 5) is 0. The van der Waals surface area contributed by atoms with Gasteiger partial charge >= 0.3 is 0 Å². The first-order chi connectivity index (χ1) is 7.61. The number of aromatic nitrogens is 2. The lowest BCUT2D eigenvalue weighted by Crippen LogP contribution is -2.27. The van der Waals surface area contributed by atoms with Crippen molar-refractivity contribution in [2.75, 3.05) is 20.8 Å². The van der Waals surface area contributed by atoms with Gasteiger partial charge in [0.05, 0.1) is 30.1 Å². The third-order valence-electron chi connectivity index (χ3n) is 2.20. The maximum atomic E-state index is 12.8. The van der Waals surface area contributed by atoms with Gasteiger partial charge in [0.15, 0.2) is 0 Å². The number of alkyl halides is 2. The van der Waals surface area contributed by atoms with E-state index >= 15 is 0 Å². The molecule has 16 heavy (non-hydrogen) atoms. The molecule has 0 amide bonds. The lowest BCUT2D eigenvalue weighted by molar-refractivity contribution is 0.0965. The lowest BCUT2D eigenvalue weighted by atomic mass is 10.2. The van der Waals surface area contributed by atoms with E-state index in [0.717, 1.165) is 0 Å². The molecule has 0 fully saturated rings. The van der Waals surface area contributed by atoms with Crippen molar-refractivity contribution in [3.63, 3.8) is 0 Å². The highest BCUT2D eigenvalue weighted by molar-refractivity contribution is 6.31. The molecule has 0 saturated carbocycles. The summed E-state index contributed by atoms with van der Waals surface area (Å²) in [7, 11) is 2.99. The molecule has 7 heteroatoms. The van der Waals surface area contributed by atoms with Gasteiger partial charge in [-0.15, -0.1) is 0 Å². The zero-order valence-electron chi connectivity index (χ0n) is 9.08. The largest absolute Gasteiger partial charge is 0.383 e. The highest BCUT2D eigenvalue weighted by Gasteiger charge is 2.26. The average Bonchev–Trinajstić information content (AvgIpc) is 2.59. The van der Waals surface area contributed by atoms with Crippen LogP contribution in [0.5, 0.6) is 0 Å². The van der Waals surface area contributed by atoms with E-state index in [1.165, 1.54) is 25.0 Å². The summed E-state index contributed by atoms with van der Waals surface area (Å²) in [5.74, 6) is 0. The van der Waals surface area contributed by atoms with Crippen molar-refractivity contribution >= 4 is 11.6 Å². The van der Waals surface area contributed by atoms with Crippen molar-refractivity contribution in [3.8, 4) is 0 Å². The number of rotatable bonds is 6. The van der Waals surface area contributed by atoms with Crippen LogP contribution in [0.15, 0.2) is 6.20 Å². The predicted molar refractivity (Wildman–Crippen MR) is 56.9 cm³/mol. The minimum absolute atomic E-state index is 0.232. The van der Waals surface area contributed by atoms with Crippen LogP contribution < -0.4 is 5.32 Å². The Morgan fingerprint density at radius 3 is 2.81 bits per heavy atom. The zero-order chi connectivity index (χ0) is 12.1. The van der Waals surface area contributed by atoms with Gasteiger partial charge in [-0.2, -0.15) is 5.10 Å². The summed E-state index contributed by atoms with van der Waals surface area (Å²) >= 11 is 5.84. The predicted octanol–water partition coefficient (Wildman–Crippen LogP) is 1.71. The Kier molecular flexibility index (Phi) is 5.11. The number of nitrogens with one attached hydrogen (secondary N) is 1. The number of hydrogen-bond acceptors (Lipinski definition) is 3. The van der Waals surface area contributed by atoms with Crippen molar-refractivity contribution in [2.45, 2.75) is 19.0 Å². The number of nitrogens with zero attached hydrogens (tertiary/aromatic N) is 2. The van der Waals surface area contributed by atoms with Crippen molar-refractivity contribution in [3.05, 3.63) is 16.9 Å². The van der Waals surface area contributed by atoms with Crippen molar-refractivity contribution in [1.29, 1.82) is 0 Å². The molecule has 0 aliphatic rings. The molecule has 0 saturated heterocycles. The van der Waals surface area contributed by atoms with Crippen LogP contribution in [-0.4, -0.2) is 37.0 Å². The molecule has 1 rings (SSSR count). The van der Waals surface area contributed by atoms with Crippen LogP contribution in [0.3, 0.4) is 0 Å².